The second-order valence-electron chi connectivity index (χ2n) is 6.01. The molecule has 5 nitrogen and oxygen atoms in total. The standard InChI is InChI=1S/C21H19FN2O3/c1-14-4-3-5-15(2)21(14)26-13-20(25)24-23-12-18-10-11-19(27-18)16-6-8-17(22)9-7-16/h3-12H,13H2,1-2H3,(H,24,25)/b23-12-. The minimum Gasteiger partial charge on any atom is -0.483 e. The normalized spacial score (nSPS) is 10.9. The number of carbonyl (C=O) groups is 1. The zero-order chi connectivity index (χ0) is 19.2. The Morgan fingerprint density at radius 1 is 1.11 bits per heavy atom. The van der Waals surface area contributed by atoms with Gasteiger partial charge >= 0.3 is 0 Å². The van der Waals surface area contributed by atoms with Crippen LogP contribution in [0.5, 0.6) is 5.75 Å². The smallest absolute Gasteiger partial charge is 0.277 e. The molecule has 3 aromatic rings. The van der Waals surface area contributed by atoms with Gasteiger partial charge in [0.25, 0.3) is 5.91 Å². The van der Waals surface area contributed by atoms with E-state index >= 15 is 0 Å². The molecule has 0 aliphatic heterocycles. The summed E-state index contributed by atoms with van der Waals surface area (Å²) in [4.78, 5) is 11.9. The summed E-state index contributed by atoms with van der Waals surface area (Å²) >= 11 is 0. The number of hydrazone groups is 1. The molecule has 0 aliphatic carbocycles. The molecule has 3 rings (SSSR count). The molecule has 0 fully saturated rings. The summed E-state index contributed by atoms with van der Waals surface area (Å²) in [5, 5.41) is 3.86. The van der Waals surface area contributed by atoms with Gasteiger partial charge in [-0.05, 0) is 61.4 Å². The van der Waals surface area contributed by atoms with Crippen molar-refractivity contribution < 1.29 is 18.3 Å². The lowest BCUT2D eigenvalue weighted by atomic mass is 10.1. The number of aryl methyl sites for hydroxylation is 2. The molecule has 27 heavy (non-hydrogen) atoms. The summed E-state index contributed by atoms with van der Waals surface area (Å²) in [5.74, 6) is 1.06. The Morgan fingerprint density at radius 3 is 2.52 bits per heavy atom. The third kappa shape index (κ3) is 4.82. The SMILES string of the molecule is Cc1cccc(C)c1OCC(=O)N/N=C\c1ccc(-c2ccc(F)cc2)o1. The van der Waals surface area contributed by atoms with Gasteiger partial charge in [0, 0.05) is 5.56 Å². The van der Waals surface area contributed by atoms with Crippen LogP contribution in [-0.4, -0.2) is 18.7 Å². The Hall–Kier alpha value is -3.41. The molecule has 0 unspecified atom stereocenters. The largest absolute Gasteiger partial charge is 0.483 e. The number of para-hydroxylation sites is 1. The molecule has 1 aromatic heterocycles. The van der Waals surface area contributed by atoms with Gasteiger partial charge in [0.2, 0.25) is 0 Å². The average Bonchev–Trinajstić information content (AvgIpc) is 3.11. The molecule has 0 spiro atoms. The fourth-order valence-electron chi connectivity index (χ4n) is 2.56. The van der Waals surface area contributed by atoms with Crippen LogP contribution in [0.1, 0.15) is 16.9 Å². The number of rotatable bonds is 6. The van der Waals surface area contributed by atoms with Crippen molar-refractivity contribution in [2.24, 2.45) is 5.10 Å². The van der Waals surface area contributed by atoms with E-state index in [9.17, 15) is 9.18 Å². The molecule has 0 aliphatic rings. The molecule has 2 aromatic carbocycles. The summed E-state index contributed by atoms with van der Waals surface area (Å²) in [7, 11) is 0. The number of nitrogens with zero attached hydrogens (tertiary/aromatic N) is 1. The van der Waals surface area contributed by atoms with Crippen molar-refractivity contribution in [2.75, 3.05) is 6.61 Å². The van der Waals surface area contributed by atoms with Crippen molar-refractivity contribution in [1.82, 2.24) is 5.43 Å². The summed E-state index contributed by atoms with van der Waals surface area (Å²) in [5.41, 5.74) is 5.08. The summed E-state index contributed by atoms with van der Waals surface area (Å²) in [6.07, 6.45) is 1.39. The predicted octanol–water partition coefficient (Wildman–Crippen LogP) is 4.23. The first-order valence-electron chi connectivity index (χ1n) is 8.39. The second-order valence-corrected chi connectivity index (χ2v) is 6.01. The molecule has 0 atom stereocenters. The number of hydrogen-bond donors (Lipinski definition) is 1. The fraction of sp³-hybridized carbons (Fsp3) is 0.143. The van der Waals surface area contributed by atoms with Crippen molar-refractivity contribution in [3.63, 3.8) is 0 Å². The van der Waals surface area contributed by atoms with E-state index in [4.69, 9.17) is 9.15 Å². The van der Waals surface area contributed by atoms with Crippen molar-refractivity contribution in [2.45, 2.75) is 13.8 Å². The number of amides is 1. The van der Waals surface area contributed by atoms with Crippen LogP contribution in [0, 0.1) is 19.7 Å². The number of furan rings is 1. The van der Waals surface area contributed by atoms with Crippen molar-refractivity contribution in [3.05, 3.63) is 77.3 Å². The van der Waals surface area contributed by atoms with E-state index in [0.29, 0.717) is 17.3 Å². The highest BCUT2D eigenvalue weighted by atomic mass is 19.1. The average molecular weight is 366 g/mol. The van der Waals surface area contributed by atoms with Crippen LogP contribution in [-0.2, 0) is 4.79 Å². The lowest BCUT2D eigenvalue weighted by Gasteiger charge is -2.10. The summed E-state index contributed by atoms with van der Waals surface area (Å²) in [6.45, 7) is 3.71. The van der Waals surface area contributed by atoms with E-state index in [-0.39, 0.29) is 18.3 Å². The Labute approximate surface area is 156 Å². The topological polar surface area (TPSA) is 63.8 Å². The molecule has 0 saturated heterocycles. The van der Waals surface area contributed by atoms with Gasteiger partial charge in [-0.3, -0.25) is 4.79 Å². The van der Waals surface area contributed by atoms with Crippen molar-refractivity contribution in [3.8, 4) is 17.1 Å². The number of benzene rings is 2. The monoisotopic (exact) mass is 366 g/mol. The van der Waals surface area contributed by atoms with E-state index in [1.54, 1.807) is 24.3 Å². The van der Waals surface area contributed by atoms with Gasteiger partial charge in [-0.1, -0.05) is 18.2 Å². The lowest BCUT2D eigenvalue weighted by Crippen LogP contribution is -2.24. The molecule has 1 heterocycles. The summed E-state index contributed by atoms with van der Waals surface area (Å²) < 4.78 is 24.1. The molecule has 138 valence electrons. The van der Waals surface area contributed by atoms with E-state index in [2.05, 4.69) is 10.5 Å². The molecule has 6 heteroatoms. The first-order valence-corrected chi connectivity index (χ1v) is 8.39. The van der Waals surface area contributed by atoms with Crippen LogP contribution >= 0.6 is 0 Å². The molecular formula is C21H19FN2O3. The van der Waals surface area contributed by atoms with Crippen LogP contribution in [0.4, 0.5) is 4.39 Å². The fourth-order valence-corrected chi connectivity index (χ4v) is 2.56. The summed E-state index contributed by atoms with van der Waals surface area (Å²) in [6, 6.07) is 15.2. The van der Waals surface area contributed by atoms with Gasteiger partial charge in [-0.15, -0.1) is 0 Å². The van der Waals surface area contributed by atoms with E-state index in [0.717, 1.165) is 16.7 Å². The quantitative estimate of drug-likeness (QED) is 0.524. The van der Waals surface area contributed by atoms with Crippen LogP contribution < -0.4 is 10.2 Å². The first-order chi connectivity index (χ1) is 13.0. The minimum absolute atomic E-state index is 0.137. The van der Waals surface area contributed by atoms with Gasteiger partial charge in [0.15, 0.2) is 6.61 Å². The lowest BCUT2D eigenvalue weighted by molar-refractivity contribution is -0.123. The highest BCUT2D eigenvalue weighted by Crippen LogP contribution is 2.22. The van der Waals surface area contributed by atoms with Gasteiger partial charge in [-0.25, -0.2) is 9.82 Å². The maximum Gasteiger partial charge on any atom is 0.277 e. The van der Waals surface area contributed by atoms with E-state index in [1.807, 2.05) is 32.0 Å². The molecule has 0 radical (unpaired) electrons. The van der Waals surface area contributed by atoms with Gasteiger partial charge in [0.1, 0.15) is 23.1 Å². The highest BCUT2D eigenvalue weighted by molar-refractivity contribution is 5.81. The molecule has 1 N–H and O–H groups in total. The number of halogens is 1. The second kappa shape index (κ2) is 8.31. The third-order valence-electron chi connectivity index (χ3n) is 3.89. The maximum atomic E-state index is 13.0. The highest BCUT2D eigenvalue weighted by Gasteiger charge is 2.07. The molecule has 0 saturated carbocycles. The minimum atomic E-state index is -0.376. The molecule has 1 amide bonds. The zero-order valence-corrected chi connectivity index (χ0v) is 15.0. The van der Waals surface area contributed by atoms with Crippen LogP contribution in [0.15, 0.2) is 64.1 Å². The Balaban J connectivity index is 1.53. The number of hydrogen-bond acceptors (Lipinski definition) is 4. The molecular weight excluding hydrogens is 347 g/mol. The Kier molecular flexibility index (Phi) is 5.66. The van der Waals surface area contributed by atoms with Gasteiger partial charge in [0.05, 0.1) is 6.21 Å². The van der Waals surface area contributed by atoms with E-state index in [1.165, 1.54) is 18.3 Å². The Morgan fingerprint density at radius 2 is 1.81 bits per heavy atom. The van der Waals surface area contributed by atoms with Crippen molar-refractivity contribution >= 4 is 12.1 Å². The number of carbonyl (C=O) groups excluding carboxylic acids is 1. The molecule has 0 bridgehead atoms. The third-order valence-corrected chi connectivity index (χ3v) is 3.89. The van der Waals surface area contributed by atoms with Crippen molar-refractivity contribution in [1.29, 1.82) is 0 Å². The number of ether oxygens (including phenoxy) is 1. The van der Waals surface area contributed by atoms with Gasteiger partial charge in [-0.2, -0.15) is 5.10 Å². The van der Waals surface area contributed by atoms with Crippen LogP contribution in [0.25, 0.3) is 11.3 Å². The number of nitrogens with one attached hydrogen (secondary N) is 1. The van der Waals surface area contributed by atoms with Crippen LogP contribution in [0.3, 0.4) is 0 Å². The van der Waals surface area contributed by atoms with Crippen LogP contribution in [0.2, 0.25) is 0 Å². The first kappa shape index (κ1) is 18.4. The zero-order valence-electron chi connectivity index (χ0n) is 15.0. The Bertz CT molecular complexity index is 942. The van der Waals surface area contributed by atoms with Gasteiger partial charge < -0.3 is 9.15 Å². The van der Waals surface area contributed by atoms with E-state index < -0.39 is 0 Å². The maximum absolute atomic E-state index is 13.0. The predicted molar refractivity (Wildman–Crippen MR) is 101 cm³/mol.